The quantitative estimate of drug-likeness (QED) is 0.743. The van der Waals surface area contributed by atoms with Crippen LogP contribution in [-0.4, -0.2) is 33.3 Å². The molecule has 5 nitrogen and oxygen atoms in total. The second-order valence-electron chi connectivity index (χ2n) is 6.50. The van der Waals surface area contributed by atoms with Crippen LogP contribution in [0.5, 0.6) is 0 Å². The molecule has 1 fully saturated rings. The number of hydrogen-bond donors (Lipinski definition) is 1. The second kappa shape index (κ2) is 6.59. The molecule has 25 heavy (non-hydrogen) atoms. The Bertz CT molecular complexity index is 904. The molecule has 1 aliphatic rings. The summed E-state index contributed by atoms with van der Waals surface area (Å²) >= 11 is 5.88. The Morgan fingerprint density at radius 3 is 2.84 bits per heavy atom. The Hall–Kier alpha value is -2.21. The maximum atomic E-state index is 14.3. The van der Waals surface area contributed by atoms with Gasteiger partial charge in [0.05, 0.1) is 11.2 Å². The van der Waals surface area contributed by atoms with Gasteiger partial charge in [0.1, 0.15) is 17.0 Å². The monoisotopic (exact) mass is 359 g/mol. The summed E-state index contributed by atoms with van der Waals surface area (Å²) in [7, 11) is 2.06. The Labute approximate surface area is 150 Å². The van der Waals surface area contributed by atoms with Crippen molar-refractivity contribution in [3.8, 4) is 11.3 Å². The molecule has 0 atom stereocenters. The molecule has 1 N–H and O–H groups in total. The average molecular weight is 360 g/mol. The van der Waals surface area contributed by atoms with Crippen molar-refractivity contribution in [1.29, 1.82) is 0 Å². The van der Waals surface area contributed by atoms with Gasteiger partial charge >= 0.3 is 0 Å². The number of benzene rings is 1. The van der Waals surface area contributed by atoms with Crippen molar-refractivity contribution < 1.29 is 4.39 Å². The van der Waals surface area contributed by atoms with Crippen LogP contribution in [0.15, 0.2) is 24.4 Å². The molecule has 0 amide bonds. The van der Waals surface area contributed by atoms with E-state index >= 15 is 0 Å². The van der Waals surface area contributed by atoms with E-state index in [1.807, 2.05) is 0 Å². The van der Waals surface area contributed by atoms with Crippen molar-refractivity contribution in [2.75, 3.05) is 11.9 Å². The summed E-state index contributed by atoms with van der Waals surface area (Å²) in [6.45, 7) is 0. The molecule has 1 saturated carbocycles. The molecule has 7 heteroatoms. The van der Waals surface area contributed by atoms with E-state index < -0.39 is 5.82 Å². The third-order valence-electron chi connectivity index (χ3n) is 4.95. The normalized spacial score (nSPS) is 15.6. The molecule has 130 valence electrons. The van der Waals surface area contributed by atoms with E-state index in [0.29, 0.717) is 28.5 Å². The topological polar surface area (TPSA) is 57.7 Å². The van der Waals surface area contributed by atoms with Gasteiger partial charge in [0.25, 0.3) is 0 Å². The minimum absolute atomic E-state index is 0.0651. The number of anilines is 1. The Morgan fingerprint density at radius 2 is 2.04 bits per heavy atom. The summed E-state index contributed by atoms with van der Waals surface area (Å²) in [5.74, 6) is 0.309. The van der Waals surface area contributed by atoms with E-state index in [0.717, 1.165) is 5.82 Å². The Morgan fingerprint density at radius 1 is 1.24 bits per heavy atom. The minimum Gasteiger partial charge on any atom is -0.355 e. The van der Waals surface area contributed by atoms with Gasteiger partial charge in [-0.05, 0) is 25.0 Å². The van der Waals surface area contributed by atoms with E-state index in [-0.39, 0.29) is 5.02 Å². The molecule has 0 radical (unpaired) electrons. The summed E-state index contributed by atoms with van der Waals surface area (Å²) in [6.07, 6.45) is 7.92. The smallest absolute Gasteiger partial charge is 0.177 e. The third kappa shape index (κ3) is 2.95. The highest BCUT2D eigenvalue weighted by molar-refractivity contribution is 6.31. The second-order valence-corrected chi connectivity index (χ2v) is 6.91. The van der Waals surface area contributed by atoms with Crippen LogP contribution in [-0.2, 0) is 0 Å². The lowest BCUT2D eigenvalue weighted by molar-refractivity contribution is 0.426. The van der Waals surface area contributed by atoms with Crippen molar-refractivity contribution >= 4 is 28.6 Å². The largest absolute Gasteiger partial charge is 0.355 e. The summed E-state index contributed by atoms with van der Waals surface area (Å²) < 4.78 is 14.3. The van der Waals surface area contributed by atoms with Gasteiger partial charge in [-0.1, -0.05) is 36.9 Å². The van der Waals surface area contributed by atoms with Gasteiger partial charge in [-0.3, -0.25) is 5.10 Å². The van der Waals surface area contributed by atoms with Gasteiger partial charge in [0, 0.05) is 18.7 Å². The summed E-state index contributed by atoms with van der Waals surface area (Å²) in [6, 6.07) is 5.34. The average Bonchev–Trinajstić information content (AvgIpc) is 3.07. The molecule has 1 aromatic carbocycles. The van der Waals surface area contributed by atoms with Crippen LogP contribution in [0.4, 0.5) is 10.2 Å². The number of aromatic nitrogens is 4. The van der Waals surface area contributed by atoms with Gasteiger partial charge in [-0.2, -0.15) is 5.10 Å². The molecule has 0 spiro atoms. The number of hydrogen-bond acceptors (Lipinski definition) is 4. The molecule has 2 aromatic heterocycles. The van der Waals surface area contributed by atoms with Crippen LogP contribution in [0, 0.1) is 5.82 Å². The van der Waals surface area contributed by atoms with E-state index in [2.05, 4.69) is 32.1 Å². The van der Waals surface area contributed by atoms with Gasteiger partial charge in [0.15, 0.2) is 11.5 Å². The van der Waals surface area contributed by atoms with Crippen molar-refractivity contribution in [3.05, 3.63) is 35.2 Å². The maximum Gasteiger partial charge on any atom is 0.177 e. The number of nitrogens with zero attached hydrogens (tertiary/aromatic N) is 4. The fourth-order valence-corrected chi connectivity index (χ4v) is 3.67. The van der Waals surface area contributed by atoms with Crippen LogP contribution in [0.2, 0.25) is 5.02 Å². The van der Waals surface area contributed by atoms with Gasteiger partial charge < -0.3 is 4.90 Å². The predicted molar refractivity (Wildman–Crippen MR) is 97.4 cm³/mol. The zero-order valence-electron chi connectivity index (χ0n) is 14.0. The van der Waals surface area contributed by atoms with Crippen LogP contribution < -0.4 is 4.90 Å². The fraction of sp³-hybridized carbons (Fsp3) is 0.389. The number of H-pyrrole nitrogens is 1. The highest BCUT2D eigenvalue weighted by Gasteiger charge is 2.21. The maximum absolute atomic E-state index is 14.3. The first-order chi connectivity index (χ1) is 12.1. The number of rotatable bonds is 3. The van der Waals surface area contributed by atoms with Crippen LogP contribution in [0.3, 0.4) is 0 Å². The molecule has 0 saturated heterocycles. The number of nitrogens with one attached hydrogen (secondary N) is 1. The van der Waals surface area contributed by atoms with Crippen molar-refractivity contribution in [2.24, 2.45) is 0 Å². The first-order valence-corrected chi connectivity index (χ1v) is 8.91. The standard InChI is InChI=1S/C18H19ClFN5/c1-25(11-6-3-2-4-7-11)14-10-21-17-16(23-24-18(17)22-14)12-8-5-9-13(19)15(12)20/h5,8-11H,2-4,6-7H2,1H3,(H,22,23,24). The van der Waals surface area contributed by atoms with E-state index in [1.54, 1.807) is 18.3 Å². The first kappa shape index (κ1) is 16.3. The van der Waals surface area contributed by atoms with E-state index in [1.165, 1.54) is 38.2 Å². The summed E-state index contributed by atoms with van der Waals surface area (Å²) in [4.78, 5) is 11.3. The summed E-state index contributed by atoms with van der Waals surface area (Å²) in [5, 5.41) is 7.15. The predicted octanol–water partition coefficient (Wildman–Crippen LogP) is 4.58. The molecule has 2 heterocycles. The molecular weight excluding hydrogens is 341 g/mol. The zero-order chi connectivity index (χ0) is 17.4. The van der Waals surface area contributed by atoms with E-state index in [9.17, 15) is 4.39 Å². The Balaban J connectivity index is 1.70. The highest BCUT2D eigenvalue weighted by Crippen LogP contribution is 2.31. The summed E-state index contributed by atoms with van der Waals surface area (Å²) in [5.41, 5.74) is 1.84. The lowest BCUT2D eigenvalue weighted by Crippen LogP contribution is -2.33. The lowest BCUT2D eigenvalue weighted by Gasteiger charge is -2.31. The molecule has 1 aliphatic carbocycles. The molecule has 3 aromatic rings. The fourth-order valence-electron chi connectivity index (χ4n) is 3.49. The Kier molecular flexibility index (Phi) is 4.29. The molecule has 0 bridgehead atoms. The van der Waals surface area contributed by atoms with Crippen LogP contribution in [0.25, 0.3) is 22.4 Å². The number of halogens is 2. The molecule has 0 unspecified atom stereocenters. The minimum atomic E-state index is -0.497. The van der Waals surface area contributed by atoms with Crippen molar-refractivity contribution in [2.45, 2.75) is 38.1 Å². The van der Waals surface area contributed by atoms with Gasteiger partial charge in [-0.25, -0.2) is 14.4 Å². The number of aromatic amines is 1. The molecule has 0 aliphatic heterocycles. The van der Waals surface area contributed by atoms with Crippen LogP contribution in [0.1, 0.15) is 32.1 Å². The van der Waals surface area contributed by atoms with Gasteiger partial charge in [0.2, 0.25) is 0 Å². The lowest BCUT2D eigenvalue weighted by atomic mass is 9.94. The third-order valence-corrected chi connectivity index (χ3v) is 5.24. The number of fused-ring (bicyclic) bond motifs is 1. The molecular formula is C18H19ClFN5. The van der Waals surface area contributed by atoms with Gasteiger partial charge in [-0.15, -0.1) is 0 Å². The van der Waals surface area contributed by atoms with E-state index in [4.69, 9.17) is 11.6 Å². The molecule has 4 rings (SSSR count). The zero-order valence-corrected chi connectivity index (χ0v) is 14.7. The van der Waals surface area contributed by atoms with Crippen molar-refractivity contribution in [3.63, 3.8) is 0 Å². The van der Waals surface area contributed by atoms with Crippen LogP contribution >= 0.6 is 11.6 Å². The first-order valence-electron chi connectivity index (χ1n) is 8.53. The van der Waals surface area contributed by atoms with Crippen molar-refractivity contribution in [1.82, 2.24) is 20.2 Å². The highest BCUT2D eigenvalue weighted by atomic mass is 35.5. The SMILES string of the molecule is CN(c1cnc2c(-c3cccc(Cl)c3F)n[nH]c2n1)C1CCCCC1.